The second kappa shape index (κ2) is 6.92. The third-order valence-corrected chi connectivity index (χ3v) is 3.38. The van der Waals surface area contributed by atoms with Crippen molar-refractivity contribution in [2.75, 3.05) is 6.54 Å². The van der Waals surface area contributed by atoms with E-state index in [1.165, 1.54) is 18.9 Å². The number of nitrogens with two attached hydrogens (primary N) is 1. The molecule has 104 valence electrons. The quantitative estimate of drug-likeness (QED) is 0.708. The number of nitrogens with one attached hydrogen (secondary N) is 1. The van der Waals surface area contributed by atoms with Crippen molar-refractivity contribution in [3.8, 4) is 0 Å². The lowest BCUT2D eigenvalue weighted by Gasteiger charge is -2.05. The summed E-state index contributed by atoms with van der Waals surface area (Å²) in [6.07, 6.45) is 3.55. The van der Waals surface area contributed by atoms with Crippen LogP contribution >= 0.6 is 0 Å². The normalized spacial score (nSPS) is 12.2. The van der Waals surface area contributed by atoms with Crippen LogP contribution in [0.5, 0.6) is 0 Å². The van der Waals surface area contributed by atoms with Crippen LogP contribution in [0.15, 0.2) is 21.6 Å². The second-order valence-electron chi connectivity index (χ2n) is 4.83. The van der Waals surface area contributed by atoms with Gasteiger partial charge in [-0.3, -0.25) is 0 Å². The molecule has 1 aromatic rings. The molecule has 0 aliphatic carbocycles. The smallest absolute Gasteiger partial charge is 0.271 e. The minimum absolute atomic E-state index is 0.181. The average Bonchev–Trinajstić information content (AvgIpc) is 2.71. The molecule has 0 saturated carbocycles. The summed E-state index contributed by atoms with van der Waals surface area (Å²) >= 11 is 0. The highest BCUT2D eigenvalue weighted by molar-refractivity contribution is 7.89. The Kier molecular flexibility index (Phi) is 5.84. The molecular formula is C12H22N2O3S. The molecule has 1 rings (SSSR count). The first-order chi connectivity index (χ1) is 8.39. The number of sulfonamides is 1. The molecule has 0 bridgehead atoms. The highest BCUT2D eigenvalue weighted by Gasteiger charge is 2.12. The molecule has 5 nitrogen and oxygen atoms in total. The molecule has 0 radical (unpaired) electrons. The molecule has 0 fully saturated rings. The fraction of sp³-hybridized carbons (Fsp3) is 0.667. The Hall–Kier alpha value is -0.850. The fourth-order valence-electron chi connectivity index (χ4n) is 1.62. The van der Waals surface area contributed by atoms with E-state index in [1.54, 1.807) is 6.07 Å². The lowest BCUT2D eigenvalue weighted by atomic mass is 10.1. The van der Waals surface area contributed by atoms with Gasteiger partial charge in [0, 0.05) is 0 Å². The van der Waals surface area contributed by atoms with Crippen molar-refractivity contribution in [2.24, 2.45) is 11.1 Å². The van der Waals surface area contributed by atoms with Crippen molar-refractivity contribution in [3.63, 3.8) is 0 Å². The Labute approximate surface area is 109 Å². The lowest BCUT2D eigenvalue weighted by Crippen LogP contribution is -2.14. The molecule has 18 heavy (non-hydrogen) atoms. The molecule has 0 aliphatic heterocycles. The van der Waals surface area contributed by atoms with Crippen molar-refractivity contribution >= 4 is 10.0 Å². The zero-order chi connectivity index (χ0) is 13.6. The minimum atomic E-state index is -3.73. The maximum Gasteiger partial charge on any atom is 0.271 e. The van der Waals surface area contributed by atoms with Gasteiger partial charge in [0.1, 0.15) is 5.76 Å². The van der Waals surface area contributed by atoms with Gasteiger partial charge in [-0.15, -0.1) is 0 Å². The van der Waals surface area contributed by atoms with Gasteiger partial charge < -0.3 is 9.73 Å². The monoisotopic (exact) mass is 274 g/mol. The van der Waals surface area contributed by atoms with Crippen LogP contribution in [0.3, 0.4) is 0 Å². The van der Waals surface area contributed by atoms with E-state index in [4.69, 9.17) is 9.56 Å². The van der Waals surface area contributed by atoms with Crippen molar-refractivity contribution in [2.45, 2.75) is 44.7 Å². The molecule has 3 N–H and O–H groups in total. The summed E-state index contributed by atoms with van der Waals surface area (Å²) in [4.78, 5) is 0. The molecule has 1 heterocycles. The molecule has 0 unspecified atom stereocenters. The number of rotatable bonds is 8. The fourth-order valence-corrected chi connectivity index (χ4v) is 2.10. The molecule has 6 heteroatoms. The van der Waals surface area contributed by atoms with Gasteiger partial charge >= 0.3 is 0 Å². The van der Waals surface area contributed by atoms with E-state index in [1.807, 2.05) is 0 Å². The van der Waals surface area contributed by atoms with Gasteiger partial charge in [0.2, 0.25) is 5.09 Å². The predicted octanol–water partition coefficient (Wildman–Crippen LogP) is 1.84. The van der Waals surface area contributed by atoms with Crippen LogP contribution in [0.2, 0.25) is 0 Å². The number of hydrogen-bond acceptors (Lipinski definition) is 4. The molecule has 0 atom stereocenters. The molecule has 0 spiro atoms. The molecular weight excluding hydrogens is 252 g/mol. The van der Waals surface area contributed by atoms with Gasteiger partial charge in [0.25, 0.3) is 10.0 Å². The number of furan rings is 1. The van der Waals surface area contributed by atoms with Crippen molar-refractivity contribution in [1.82, 2.24) is 5.32 Å². The Morgan fingerprint density at radius 1 is 1.33 bits per heavy atom. The zero-order valence-electron chi connectivity index (χ0n) is 11.0. The minimum Gasteiger partial charge on any atom is -0.447 e. The van der Waals surface area contributed by atoms with E-state index in [0.717, 1.165) is 18.9 Å². The van der Waals surface area contributed by atoms with Crippen molar-refractivity contribution < 1.29 is 12.8 Å². The molecule has 0 aromatic carbocycles. The second-order valence-corrected chi connectivity index (χ2v) is 6.32. The summed E-state index contributed by atoms with van der Waals surface area (Å²) in [5.41, 5.74) is 0. The van der Waals surface area contributed by atoms with E-state index < -0.39 is 10.0 Å². The van der Waals surface area contributed by atoms with E-state index in [0.29, 0.717) is 12.3 Å². The van der Waals surface area contributed by atoms with Gasteiger partial charge in [-0.2, -0.15) is 0 Å². The SMILES string of the molecule is CC(C)CCCCNCc1ccc(S(N)(=O)=O)o1. The van der Waals surface area contributed by atoms with Gasteiger partial charge in [-0.05, 0) is 31.0 Å². The summed E-state index contributed by atoms with van der Waals surface area (Å²) in [5.74, 6) is 1.33. The number of primary sulfonamides is 1. The van der Waals surface area contributed by atoms with Gasteiger partial charge in [-0.25, -0.2) is 13.6 Å². The van der Waals surface area contributed by atoms with Crippen LogP contribution in [0, 0.1) is 5.92 Å². The first kappa shape index (κ1) is 15.2. The topological polar surface area (TPSA) is 85.3 Å². The highest BCUT2D eigenvalue weighted by Crippen LogP contribution is 2.12. The summed E-state index contributed by atoms with van der Waals surface area (Å²) in [6.45, 7) is 5.85. The van der Waals surface area contributed by atoms with Gasteiger partial charge in [0.05, 0.1) is 6.54 Å². The van der Waals surface area contributed by atoms with Crippen LogP contribution in [-0.2, 0) is 16.6 Å². The van der Waals surface area contributed by atoms with Crippen molar-refractivity contribution in [3.05, 3.63) is 17.9 Å². The van der Waals surface area contributed by atoms with Crippen LogP contribution in [0.25, 0.3) is 0 Å². The predicted molar refractivity (Wildman–Crippen MR) is 70.5 cm³/mol. The maximum atomic E-state index is 11.0. The lowest BCUT2D eigenvalue weighted by molar-refractivity contribution is 0.400. The van der Waals surface area contributed by atoms with Crippen LogP contribution in [-0.4, -0.2) is 15.0 Å². The summed E-state index contributed by atoms with van der Waals surface area (Å²) in [7, 11) is -3.73. The average molecular weight is 274 g/mol. The van der Waals surface area contributed by atoms with E-state index in [9.17, 15) is 8.42 Å². The zero-order valence-corrected chi connectivity index (χ0v) is 11.8. The van der Waals surface area contributed by atoms with Crippen LogP contribution in [0.4, 0.5) is 0 Å². The third kappa shape index (κ3) is 5.66. The first-order valence-electron chi connectivity index (χ1n) is 6.22. The van der Waals surface area contributed by atoms with Gasteiger partial charge in [-0.1, -0.05) is 26.7 Å². The highest BCUT2D eigenvalue weighted by atomic mass is 32.2. The van der Waals surface area contributed by atoms with Crippen LogP contribution in [0.1, 0.15) is 38.9 Å². The Balaban J connectivity index is 2.22. The van der Waals surface area contributed by atoms with E-state index in [-0.39, 0.29) is 5.09 Å². The van der Waals surface area contributed by atoms with Crippen LogP contribution < -0.4 is 10.5 Å². The van der Waals surface area contributed by atoms with E-state index in [2.05, 4.69) is 19.2 Å². The standard InChI is InChI=1S/C12H22N2O3S/c1-10(2)5-3-4-8-14-9-11-6-7-12(17-11)18(13,15)16/h6-7,10,14H,3-5,8-9H2,1-2H3,(H2,13,15,16). The Morgan fingerprint density at radius 3 is 2.61 bits per heavy atom. The molecule has 0 amide bonds. The summed E-state index contributed by atoms with van der Waals surface area (Å²) in [6, 6.07) is 3.01. The Morgan fingerprint density at radius 2 is 2.06 bits per heavy atom. The summed E-state index contributed by atoms with van der Waals surface area (Å²) in [5, 5.41) is 7.98. The maximum absolute atomic E-state index is 11.0. The van der Waals surface area contributed by atoms with Crippen molar-refractivity contribution in [1.29, 1.82) is 0 Å². The molecule has 1 aromatic heterocycles. The number of unbranched alkanes of at least 4 members (excludes halogenated alkanes) is 1. The number of hydrogen-bond donors (Lipinski definition) is 2. The van der Waals surface area contributed by atoms with Gasteiger partial charge in [0.15, 0.2) is 0 Å². The first-order valence-corrected chi connectivity index (χ1v) is 7.76. The summed E-state index contributed by atoms with van der Waals surface area (Å²) < 4.78 is 27.1. The molecule has 0 saturated heterocycles. The Bertz CT molecular complexity index is 452. The van der Waals surface area contributed by atoms with E-state index >= 15 is 0 Å². The third-order valence-electron chi connectivity index (χ3n) is 2.60. The largest absolute Gasteiger partial charge is 0.447 e. The molecule has 0 aliphatic rings.